The Balaban J connectivity index is 2.43. The lowest BCUT2D eigenvalue weighted by Gasteiger charge is -2.07. The van der Waals surface area contributed by atoms with Crippen LogP contribution in [0.3, 0.4) is 0 Å². The summed E-state index contributed by atoms with van der Waals surface area (Å²) in [6.07, 6.45) is 1.98. The zero-order valence-corrected chi connectivity index (χ0v) is 11.8. The molecule has 0 aliphatic carbocycles. The van der Waals surface area contributed by atoms with Crippen LogP contribution in [0.2, 0.25) is 0 Å². The Morgan fingerprint density at radius 1 is 1.42 bits per heavy atom. The van der Waals surface area contributed by atoms with Gasteiger partial charge >= 0.3 is 0 Å². The van der Waals surface area contributed by atoms with Crippen molar-refractivity contribution in [2.24, 2.45) is 0 Å². The molecule has 0 aliphatic heterocycles. The van der Waals surface area contributed by atoms with Crippen molar-refractivity contribution in [1.82, 2.24) is 0 Å². The van der Waals surface area contributed by atoms with Gasteiger partial charge in [0.05, 0.1) is 5.69 Å². The number of nitrogens with one attached hydrogen (secondary N) is 1. The highest BCUT2D eigenvalue weighted by molar-refractivity contribution is 7.84. The SMILES string of the molecule is CCCCS(=O)CCC(=O)Nc1cc(N)ccc1F. The largest absolute Gasteiger partial charge is 0.399 e. The second kappa shape index (κ2) is 7.89. The van der Waals surface area contributed by atoms with Crippen molar-refractivity contribution < 1.29 is 13.4 Å². The number of rotatable bonds is 7. The zero-order chi connectivity index (χ0) is 14.3. The minimum absolute atomic E-state index is 0.0596. The third-order valence-corrected chi connectivity index (χ3v) is 3.95. The van der Waals surface area contributed by atoms with Gasteiger partial charge in [-0.2, -0.15) is 0 Å². The Kier molecular flexibility index (Phi) is 6.49. The molecular weight excluding hydrogens is 267 g/mol. The molecule has 106 valence electrons. The van der Waals surface area contributed by atoms with Crippen LogP contribution in [0.5, 0.6) is 0 Å². The fourth-order valence-corrected chi connectivity index (χ4v) is 2.69. The molecule has 0 aliphatic rings. The first kappa shape index (κ1) is 15.6. The monoisotopic (exact) mass is 286 g/mol. The molecule has 0 aromatic heterocycles. The molecule has 1 aromatic rings. The van der Waals surface area contributed by atoms with Gasteiger partial charge in [-0.05, 0) is 24.6 Å². The van der Waals surface area contributed by atoms with E-state index >= 15 is 0 Å². The topological polar surface area (TPSA) is 72.2 Å². The van der Waals surface area contributed by atoms with Gasteiger partial charge in [-0.25, -0.2) is 4.39 Å². The third-order valence-electron chi connectivity index (χ3n) is 2.55. The van der Waals surface area contributed by atoms with Crippen LogP contribution in [0.15, 0.2) is 18.2 Å². The molecule has 0 saturated heterocycles. The molecule has 1 atom stereocenters. The van der Waals surface area contributed by atoms with Gasteiger partial charge in [-0.15, -0.1) is 0 Å². The highest BCUT2D eigenvalue weighted by Gasteiger charge is 2.09. The van der Waals surface area contributed by atoms with Crippen molar-refractivity contribution in [2.75, 3.05) is 22.6 Å². The predicted molar refractivity (Wildman–Crippen MR) is 76.8 cm³/mol. The van der Waals surface area contributed by atoms with E-state index < -0.39 is 16.6 Å². The van der Waals surface area contributed by atoms with E-state index in [1.54, 1.807) is 0 Å². The Hall–Kier alpha value is -1.43. The average molecular weight is 286 g/mol. The standard InChI is InChI=1S/C13H19FN2O2S/c1-2-3-7-19(18)8-6-13(17)16-12-9-10(15)4-5-11(12)14/h4-5,9H,2-3,6-8,15H2,1H3,(H,16,17). The van der Waals surface area contributed by atoms with Crippen molar-refractivity contribution in [1.29, 1.82) is 0 Å². The molecular formula is C13H19FN2O2S. The van der Waals surface area contributed by atoms with E-state index in [2.05, 4.69) is 5.32 Å². The summed E-state index contributed by atoms with van der Waals surface area (Å²) in [7, 11) is -0.987. The minimum atomic E-state index is -0.987. The highest BCUT2D eigenvalue weighted by atomic mass is 32.2. The Morgan fingerprint density at radius 3 is 2.84 bits per heavy atom. The molecule has 19 heavy (non-hydrogen) atoms. The number of unbranched alkanes of at least 4 members (excludes halogenated alkanes) is 1. The van der Waals surface area contributed by atoms with Crippen molar-refractivity contribution in [3.05, 3.63) is 24.0 Å². The molecule has 0 heterocycles. The molecule has 1 rings (SSSR count). The van der Waals surface area contributed by atoms with E-state index in [-0.39, 0.29) is 18.0 Å². The van der Waals surface area contributed by atoms with Gasteiger partial charge in [-0.3, -0.25) is 9.00 Å². The van der Waals surface area contributed by atoms with E-state index in [4.69, 9.17) is 5.73 Å². The lowest BCUT2D eigenvalue weighted by molar-refractivity contribution is -0.115. The van der Waals surface area contributed by atoms with Crippen LogP contribution in [-0.2, 0) is 15.6 Å². The number of benzene rings is 1. The van der Waals surface area contributed by atoms with Gasteiger partial charge < -0.3 is 11.1 Å². The summed E-state index contributed by atoms with van der Waals surface area (Å²) in [5.41, 5.74) is 5.95. The second-order valence-electron chi connectivity index (χ2n) is 4.24. The summed E-state index contributed by atoms with van der Waals surface area (Å²) in [6, 6.07) is 3.98. The number of amides is 1. The first-order valence-corrected chi connectivity index (χ1v) is 7.71. The number of carbonyl (C=O) groups is 1. The molecule has 1 aromatic carbocycles. The van der Waals surface area contributed by atoms with Crippen LogP contribution >= 0.6 is 0 Å². The molecule has 0 fully saturated rings. The van der Waals surface area contributed by atoms with E-state index in [9.17, 15) is 13.4 Å². The number of halogens is 1. The first-order valence-electron chi connectivity index (χ1n) is 6.22. The number of hydrogen-bond donors (Lipinski definition) is 2. The minimum Gasteiger partial charge on any atom is -0.399 e. The van der Waals surface area contributed by atoms with Crippen molar-refractivity contribution in [2.45, 2.75) is 26.2 Å². The summed E-state index contributed by atoms with van der Waals surface area (Å²) in [5, 5.41) is 2.43. The molecule has 3 N–H and O–H groups in total. The Bertz CT molecular complexity index is 466. The van der Waals surface area contributed by atoms with Crippen molar-refractivity contribution in [3.63, 3.8) is 0 Å². The van der Waals surface area contributed by atoms with Crippen molar-refractivity contribution in [3.8, 4) is 0 Å². The Labute approximate surface area is 115 Å². The first-order chi connectivity index (χ1) is 9.02. The smallest absolute Gasteiger partial charge is 0.225 e. The van der Waals surface area contributed by atoms with E-state index in [0.29, 0.717) is 17.2 Å². The van der Waals surface area contributed by atoms with Gasteiger partial charge in [0.25, 0.3) is 0 Å². The summed E-state index contributed by atoms with van der Waals surface area (Å²) in [4.78, 5) is 11.6. The fourth-order valence-electron chi connectivity index (χ4n) is 1.47. The quantitative estimate of drug-likeness (QED) is 0.755. The van der Waals surface area contributed by atoms with Gasteiger partial charge in [-0.1, -0.05) is 13.3 Å². The average Bonchev–Trinajstić information content (AvgIpc) is 2.38. The van der Waals surface area contributed by atoms with Crippen LogP contribution in [0.1, 0.15) is 26.2 Å². The molecule has 1 unspecified atom stereocenters. The summed E-state index contributed by atoms with van der Waals surface area (Å²) >= 11 is 0. The van der Waals surface area contributed by atoms with Gasteiger partial charge in [0.15, 0.2) is 0 Å². The maximum Gasteiger partial charge on any atom is 0.225 e. The highest BCUT2D eigenvalue weighted by Crippen LogP contribution is 2.17. The Morgan fingerprint density at radius 2 is 2.16 bits per heavy atom. The van der Waals surface area contributed by atoms with Gasteiger partial charge in [0, 0.05) is 34.4 Å². The van der Waals surface area contributed by atoms with Gasteiger partial charge in [0.1, 0.15) is 5.82 Å². The van der Waals surface area contributed by atoms with Crippen LogP contribution < -0.4 is 11.1 Å². The predicted octanol–water partition coefficient (Wildman–Crippen LogP) is 2.29. The molecule has 0 spiro atoms. The maximum absolute atomic E-state index is 13.4. The van der Waals surface area contributed by atoms with Gasteiger partial charge in [0.2, 0.25) is 5.91 Å². The number of hydrogen-bond acceptors (Lipinski definition) is 3. The van der Waals surface area contributed by atoms with Crippen LogP contribution in [0.4, 0.5) is 15.8 Å². The fraction of sp³-hybridized carbons (Fsp3) is 0.462. The molecule has 0 saturated carbocycles. The van der Waals surface area contributed by atoms with E-state index in [1.807, 2.05) is 6.92 Å². The summed E-state index contributed by atoms with van der Waals surface area (Å²) < 4.78 is 24.9. The van der Waals surface area contributed by atoms with Crippen LogP contribution in [0, 0.1) is 5.82 Å². The van der Waals surface area contributed by atoms with Crippen LogP contribution in [0.25, 0.3) is 0 Å². The molecule has 4 nitrogen and oxygen atoms in total. The summed E-state index contributed by atoms with van der Waals surface area (Å²) in [5.74, 6) is 0.0237. The van der Waals surface area contributed by atoms with E-state index in [1.165, 1.54) is 18.2 Å². The second-order valence-corrected chi connectivity index (χ2v) is 5.94. The molecule has 1 amide bonds. The van der Waals surface area contributed by atoms with Crippen LogP contribution in [-0.4, -0.2) is 21.6 Å². The summed E-state index contributed by atoms with van der Waals surface area (Å²) in [6.45, 7) is 2.02. The molecule has 0 bridgehead atoms. The third kappa shape index (κ3) is 5.83. The zero-order valence-electron chi connectivity index (χ0n) is 10.9. The van der Waals surface area contributed by atoms with E-state index in [0.717, 1.165) is 12.8 Å². The lowest BCUT2D eigenvalue weighted by Crippen LogP contribution is -2.16. The van der Waals surface area contributed by atoms with Crippen molar-refractivity contribution >= 4 is 28.1 Å². The molecule has 0 radical (unpaired) electrons. The number of anilines is 2. The number of nitrogen functional groups attached to an aromatic ring is 1. The molecule has 6 heteroatoms. The maximum atomic E-state index is 13.4. The lowest BCUT2D eigenvalue weighted by atomic mass is 10.2. The number of carbonyl (C=O) groups excluding carboxylic acids is 1. The number of nitrogens with two attached hydrogens (primary N) is 1. The normalized spacial score (nSPS) is 12.1.